The highest BCUT2D eigenvalue weighted by Crippen LogP contribution is 2.42. The van der Waals surface area contributed by atoms with E-state index >= 15 is 0 Å². The number of benzene rings is 2. The lowest BCUT2D eigenvalue weighted by Gasteiger charge is -2.21. The average molecular weight is 463 g/mol. The van der Waals surface area contributed by atoms with Crippen molar-refractivity contribution in [1.29, 1.82) is 0 Å². The van der Waals surface area contributed by atoms with Crippen molar-refractivity contribution in [1.82, 2.24) is 25.0 Å². The van der Waals surface area contributed by atoms with Gasteiger partial charge in [0.15, 0.2) is 5.69 Å². The average Bonchev–Trinajstić information content (AvgIpc) is 3.51. The van der Waals surface area contributed by atoms with E-state index < -0.39 is 11.9 Å². The summed E-state index contributed by atoms with van der Waals surface area (Å²) in [5, 5.41) is 13.0. The first-order valence-corrected chi connectivity index (χ1v) is 11.0. The number of pyridine rings is 1. The minimum atomic E-state index is -4.63. The van der Waals surface area contributed by atoms with Crippen molar-refractivity contribution < 1.29 is 17.9 Å². The van der Waals surface area contributed by atoms with Crippen molar-refractivity contribution in [2.45, 2.75) is 31.9 Å². The van der Waals surface area contributed by atoms with E-state index in [2.05, 4.69) is 15.3 Å². The Balaban J connectivity index is 1.62. The molecule has 0 amide bonds. The summed E-state index contributed by atoms with van der Waals surface area (Å²) in [4.78, 5) is 4.78. The van der Waals surface area contributed by atoms with Gasteiger partial charge in [0.1, 0.15) is 5.75 Å². The second-order valence-electron chi connectivity index (χ2n) is 8.45. The highest BCUT2D eigenvalue weighted by Gasteiger charge is 2.39. The molecule has 1 aliphatic carbocycles. The van der Waals surface area contributed by atoms with Gasteiger partial charge < -0.3 is 4.74 Å². The molecule has 0 saturated carbocycles. The van der Waals surface area contributed by atoms with Gasteiger partial charge in [-0.15, -0.1) is 0 Å². The Morgan fingerprint density at radius 1 is 1.00 bits per heavy atom. The van der Waals surface area contributed by atoms with Crippen LogP contribution in [-0.2, 0) is 19.0 Å². The second-order valence-corrected chi connectivity index (χ2v) is 8.45. The summed E-state index contributed by atoms with van der Waals surface area (Å²) < 4.78 is 48.9. The predicted molar refractivity (Wildman–Crippen MR) is 122 cm³/mol. The van der Waals surface area contributed by atoms with E-state index in [-0.39, 0.29) is 5.56 Å². The maximum Gasteiger partial charge on any atom is 0.435 e. The molecule has 172 valence electrons. The molecular weight excluding hydrogens is 443 g/mol. The SMILES string of the molecule is COc1ccc(-n2cc(-c3nc4ccc5[nH]ncc5c4c4c3CCCC4)c(C(F)(F)F)n2)cc1. The summed E-state index contributed by atoms with van der Waals surface area (Å²) >= 11 is 0. The number of hydrogen-bond acceptors (Lipinski definition) is 4. The zero-order valence-electron chi connectivity index (χ0n) is 18.3. The first kappa shape index (κ1) is 20.7. The molecule has 5 aromatic rings. The van der Waals surface area contributed by atoms with E-state index in [0.717, 1.165) is 46.7 Å². The van der Waals surface area contributed by atoms with Gasteiger partial charge in [0.05, 0.1) is 41.3 Å². The highest BCUT2D eigenvalue weighted by molar-refractivity contribution is 6.07. The number of rotatable bonds is 3. The number of methoxy groups -OCH3 is 1. The highest BCUT2D eigenvalue weighted by atomic mass is 19.4. The van der Waals surface area contributed by atoms with Crippen LogP contribution in [0.25, 0.3) is 38.8 Å². The fourth-order valence-electron chi connectivity index (χ4n) is 4.89. The van der Waals surface area contributed by atoms with E-state index in [1.807, 2.05) is 12.1 Å². The van der Waals surface area contributed by atoms with Gasteiger partial charge in [-0.2, -0.15) is 23.4 Å². The van der Waals surface area contributed by atoms with Crippen molar-refractivity contribution in [2.75, 3.05) is 7.11 Å². The number of halogens is 3. The van der Waals surface area contributed by atoms with Crippen LogP contribution in [-0.4, -0.2) is 32.1 Å². The number of aromatic amines is 1. The van der Waals surface area contributed by atoms with Gasteiger partial charge in [-0.25, -0.2) is 9.67 Å². The van der Waals surface area contributed by atoms with Gasteiger partial charge in [-0.3, -0.25) is 5.10 Å². The van der Waals surface area contributed by atoms with Crippen LogP contribution >= 0.6 is 0 Å². The van der Waals surface area contributed by atoms with Gasteiger partial charge in [-0.1, -0.05) is 0 Å². The molecule has 34 heavy (non-hydrogen) atoms. The van der Waals surface area contributed by atoms with Gasteiger partial charge >= 0.3 is 6.18 Å². The largest absolute Gasteiger partial charge is 0.497 e. The number of hydrogen-bond donors (Lipinski definition) is 1. The first-order valence-electron chi connectivity index (χ1n) is 11.0. The maximum absolute atomic E-state index is 14.2. The van der Waals surface area contributed by atoms with E-state index in [9.17, 15) is 13.2 Å². The molecule has 3 aromatic heterocycles. The van der Waals surface area contributed by atoms with Crippen LogP contribution in [0.4, 0.5) is 13.2 Å². The molecule has 0 aliphatic heterocycles. The van der Waals surface area contributed by atoms with Gasteiger partial charge in [0, 0.05) is 17.0 Å². The normalized spacial score (nSPS) is 14.0. The third-order valence-corrected chi connectivity index (χ3v) is 6.46. The van der Waals surface area contributed by atoms with E-state index in [0.29, 0.717) is 29.1 Å². The van der Waals surface area contributed by atoms with Crippen molar-refractivity contribution in [3.63, 3.8) is 0 Å². The number of aromatic nitrogens is 5. The van der Waals surface area contributed by atoms with Crippen LogP contribution in [0, 0.1) is 0 Å². The smallest absolute Gasteiger partial charge is 0.435 e. The summed E-state index contributed by atoms with van der Waals surface area (Å²) in [6, 6.07) is 10.4. The van der Waals surface area contributed by atoms with Crippen molar-refractivity contribution >= 4 is 21.8 Å². The van der Waals surface area contributed by atoms with Gasteiger partial charge in [-0.05, 0) is 73.2 Å². The van der Waals surface area contributed by atoms with Crippen LogP contribution in [0.3, 0.4) is 0 Å². The third-order valence-electron chi connectivity index (χ3n) is 6.46. The Morgan fingerprint density at radius 3 is 2.50 bits per heavy atom. The van der Waals surface area contributed by atoms with Crippen molar-refractivity contribution in [3.05, 3.63) is 65.6 Å². The molecule has 0 saturated heterocycles. The summed E-state index contributed by atoms with van der Waals surface area (Å²) in [5.41, 5.74) is 3.40. The number of alkyl halides is 3. The predicted octanol–water partition coefficient (Wildman–Crippen LogP) is 5.87. The molecule has 0 fully saturated rings. The van der Waals surface area contributed by atoms with Crippen LogP contribution in [0.2, 0.25) is 0 Å². The Kier molecular flexibility index (Phi) is 4.62. The number of H-pyrrole nitrogens is 1. The summed E-state index contributed by atoms with van der Waals surface area (Å²) in [6.45, 7) is 0. The van der Waals surface area contributed by atoms with Gasteiger partial charge in [0.25, 0.3) is 0 Å². The van der Waals surface area contributed by atoms with E-state index in [1.54, 1.807) is 30.5 Å². The maximum atomic E-state index is 14.2. The standard InChI is InChI=1S/C25H20F3N5O/c1-34-15-8-6-14(7-9-15)33-13-19(24(32-33)25(26,27)28)23-17-5-3-2-4-16(17)22-18-12-29-31-20(18)10-11-21(22)30-23/h6-13H,2-5H2,1H3,(H,29,31). The molecule has 6 nitrogen and oxygen atoms in total. The zero-order chi connectivity index (χ0) is 23.4. The molecule has 0 bridgehead atoms. The van der Waals surface area contributed by atoms with E-state index in [1.165, 1.54) is 18.0 Å². The Hall–Kier alpha value is -3.88. The summed E-state index contributed by atoms with van der Waals surface area (Å²) in [6.07, 6.45) is 1.92. The molecule has 9 heteroatoms. The number of ether oxygens (including phenoxy) is 1. The fraction of sp³-hybridized carbons (Fsp3) is 0.240. The van der Waals surface area contributed by atoms with Gasteiger partial charge in [0.2, 0.25) is 0 Å². The number of fused-ring (bicyclic) bond motifs is 5. The molecular formula is C25H20F3N5O. The summed E-state index contributed by atoms with van der Waals surface area (Å²) in [5.74, 6) is 0.614. The topological polar surface area (TPSA) is 68.6 Å². The lowest BCUT2D eigenvalue weighted by molar-refractivity contribution is -0.140. The molecule has 1 aliphatic rings. The Morgan fingerprint density at radius 2 is 1.76 bits per heavy atom. The van der Waals surface area contributed by atoms with E-state index in [4.69, 9.17) is 9.72 Å². The minimum Gasteiger partial charge on any atom is -0.497 e. The lowest BCUT2D eigenvalue weighted by Crippen LogP contribution is -2.11. The van der Waals surface area contributed by atoms with Crippen molar-refractivity contribution in [2.24, 2.45) is 0 Å². The zero-order valence-corrected chi connectivity index (χ0v) is 18.3. The Bertz CT molecular complexity index is 1530. The quantitative estimate of drug-likeness (QED) is 0.363. The number of aryl methyl sites for hydroxylation is 1. The molecule has 6 rings (SSSR count). The molecule has 0 unspecified atom stereocenters. The second kappa shape index (κ2) is 7.58. The Labute approximate surface area is 192 Å². The molecule has 0 radical (unpaired) electrons. The van der Waals surface area contributed by atoms with Crippen LogP contribution in [0.15, 0.2) is 48.8 Å². The summed E-state index contributed by atoms with van der Waals surface area (Å²) in [7, 11) is 1.54. The first-order chi connectivity index (χ1) is 16.4. The monoisotopic (exact) mass is 463 g/mol. The molecule has 3 heterocycles. The van der Waals surface area contributed by atoms with Crippen LogP contribution in [0.5, 0.6) is 5.75 Å². The van der Waals surface area contributed by atoms with Crippen LogP contribution in [0.1, 0.15) is 29.7 Å². The number of nitrogens with zero attached hydrogens (tertiary/aromatic N) is 4. The van der Waals surface area contributed by atoms with Crippen LogP contribution < -0.4 is 4.74 Å². The lowest BCUT2D eigenvalue weighted by atomic mass is 9.85. The number of nitrogens with one attached hydrogen (secondary N) is 1. The molecule has 0 atom stereocenters. The fourth-order valence-corrected chi connectivity index (χ4v) is 4.89. The van der Waals surface area contributed by atoms with Crippen molar-refractivity contribution in [3.8, 4) is 22.7 Å². The minimum absolute atomic E-state index is 0.00402. The molecule has 2 aromatic carbocycles. The molecule has 1 N–H and O–H groups in total. The molecule has 0 spiro atoms. The third kappa shape index (κ3) is 3.22.